The van der Waals surface area contributed by atoms with E-state index < -0.39 is 11.9 Å². The van der Waals surface area contributed by atoms with Crippen molar-refractivity contribution in [2.75, 3.05) is 19.8 Å². The van der Waals surface area contributed by atoms with E-state index in [1.807, 2.05) is 37.5 Å². The molecular weight excluding hydrogens is 751 g/mol. The van der Waals surface area contributed by atoms with Crippen LogP contribution in [0, 0.1) is 23.2 Å². The lowest BCUT2D eigenvalue weighted by molar-refractivity contribution is -0.136. The standard InChI is InChI=1S/C45H37N7O7/c1-51-39-12-13-47-25-38(39)37-8-4-27(19-41(37)51)29-17-28(22-46)44(49-23-29)59-35-20-34(21-35)58-33-6-5-31(48-24-33)3-2-14-56-15-16-57-32-7-9-36-30(18-32)26-52(45(36)55)40-10-11-42(53)50-43(40)54/h4-9,12-13,17-19,23-25,34-35,40H,10-11,14-16,20-21,26H2,1H3,(H,50,53,54)/t34-,35-,40?. The highest BCUT2D eigenvalue weighted by molar-refractivity contribution is 6.08. The number of carbonyl (C=O) groups is 3. The third-order valence-corrected chi connectivity index (χ3v) is 10.9. The fourth-order valence-corrected chi connectivity index (χ4v) is 7.71. The lowest BCUT2D eigenvalue weighted by Crippen LogP contribution is -2.52. The van der Waals surface area contributed by atoms with Crippen LogP contribution in [0.25, 0.3) is 32.9 Å². The number of carbonyl (C=O) groups excluding carboxylic acids is 3. The monoisotopic (exact) mass is 787 g/mol. The fourth-order valence-electron chi connectivity index (χ4n) is 7.71. The molecule has 6 aromatic rings. The number of aromatic nitrogens is 4. The Labute approximate surface area is 338 Å². The molecule has 1 unspecified atom stereocenters. The molecule has 59 heavy (non-hydrogen) atoms. The molecule has 2 aliphatic heterocycles. The van der Waals surface area contributed by atoms with Crippen LogP contribution >= 0.6 is 0 Å². The number of benzene rings is 2. The average Bonchev–Trinajstić information content (AvgIpc) is 3.72. The number of fused-ring (bicyclic) bond motifs is 4. The number of hydrogen-bond acceptors (Lipinski definition) is 11. The smallest absolute Gasteiger partial charge is 0.255 e. The molecule has 3 aliphatic rings. The third-order valence-electron chi connectivity index (χ3n) is 10.9. The van der Waals surface area contributed by atoms with Crippen LogP contribution in [0.4, 0.5) is 0 Å². The molecule has 1 N–H and O–H groups in total. The van der Waals surface area contributed by atoms with Gasteiger partial charge in [0.25, 0.3) is 5.91 Å². The Bertz CT molecular complexity index is 2740. The van der Waals surface area contributed by atoms with Crippen molar-refractivity contribution in [2.45, 2.75) is 50.5 Å². The van der Waals surface area contributed by atoms with Gasteiger partial charge >= 0.3 is 0 Å². The quantitative estimate of drug-likeness (QED) is 0.103. The van der Waals surface area contributed by atoms with Gasteiger partial charge in [0.1, 0.15) is 60.3 Å². The molecule has 2 aromatic carbocycles. The second-order valence-electron chi connectivity index (χ2n) is 14.6. The predicted octanol–water partition coefficient (Wildman–Crippen LogP) is 5.25. The van der Waals surface area contributed by atoms with Crippen molar-refractivity contribution in [1.29, 1.82) is 5.26 Å². The summed E-state index contributed by atoms with van der Waals surface area (Å²) in [6, 6.07) is 20.5. The Morgan fingerprint density at radius 3 is 2.56 bits per heavy atom. The predicted molar refractivity (Wildman–Crippen MR) is 214 cm³/mol. The van der Waals surface area contributed by atoms with E-state index in [0.29, 0.717) is 60.1 Å². The summed E-state index contributed by atoms with van der Waals surface area (Å²) >= 11 is 0. The van der Waals surface area contributed by atoms with Crippen molar-refractivity contribution in [2.24, 2.45) is 7.05 Å². The van der Waals surface area contributed by atoms with E-state index in [1.165, 1.54) is 4.90 Å². The van der Waals surface area contributed by atoms with Crippen LogP contribution in [0.3, 0.4) is 0 Å². The molecular formula is C45H37N7O7. The summed E-state index contributed by atoms with van der Waals surface area (Å²) in [4.78, 5) is 51.4. The number of rotatable bonds is 11. The van der Waals surface area contributed by atoms with Crippen molar-refractivity contribution in [3.05, 3.63) is 108 Å². The number of nitrogens with zero attached hydrogens (tertiary/aromatic N) is 6. The van der Waals surface area contributed by atoms with Gasteiger partial charge in [-0.15, -0.1) is 0 Å². The van der Waals surface area contributed by atoms with E-state index in [4.69, 9.17) is 18.9 Å². The Hall–Kier alpha value is -7.29. The van der Waals surface area contributed by atoms with Crippen LogP contribution in [0.2, 0.25) is 0 Å². The van der Waals surface area contributed by atoms with Gasteiger partial charge in [-0.3, -0.25) is 24.7 Å². The van der Waals surface area contributed by atoms with E-state index in [1.54, 1.807) is 42.9 Å². The van der Waals surface area contributed by atoms with E-state index in [2.05, 4.69) is 54.9 Å². The minimum absolute atomic E-state index is 0.0475. The van der Waals surface area contributed by atoms with Gasteiger partial charge in [0.2, 0.25) is 17.7 Å². The first-order valence-corrected chi connectivity index (χ1v) is 19.3. The second-order valence-corrected chi connectivity index (χ2v) is 14.6. The van der Waals surface area contributed by atoms with E-state index in [0.717, 1.165) is 38.5 Å². The molecule has 6 heterocycles. The maximum Gasteiger partial charge on any atom is 0.255 e. The molecule has 3 amide bonds. The van der Waals surface area contributed by atoms with Gasteiger partial charge in [-0.1, -0.05) is 18.1 Å². The summed E-state index contributed by atoms with van der Waals surface area (Å²) in [5.41, 5.74) is 6.24. The molecule has 1 aliphatic carbocycles. The van der Waals surface area contributed by atoms with Gasteiger partial charge < -0.3 is 28.4 Å². The van der Waals surface area contributed by atoms with Crippen molar-refractivity contribution in [3.8, 4) is 46.4 Å². The summed E-state index contributed by atoms with van der Waals surface area (Å²) in [6.07, 6.45) is 8.72. The van der Waals surface area contributed by atoms with Gasteiger partial charge in [0.15, 0.2) is 0 Å². The molecule has 294 valence electrons. The van der Waals surface area contributed by atoms with Crippen LogP contribution in [-0.4, -0.2) is 80.2 Å². The van der Waals surface area contributed by atoms with Crippen LogP contribution < -0.4 is 19.5 Å². The van der Waals surface area contributed by atoms with Crippen LogP contribution in [-0.2, 0) is 27.9 Å². The first-order valence-electron chi connectivity index (χ1n) is 19.3. The third kappa shape index (κ3) is 7.61. The van der Waals surface area contributed by atoms with Gasteiger partial charge in [-0.2, -0.15) is 5.26 Å². The van der Waals surface area contributed by atoms with E-state index in [-0.39, 0.29) is 50.2 Å². The Morgan fingerprint density at radius 1 is 0.864 bits per heavy atom. The number of nitrogens with one attached hydrogen (secondary N) is 1. The Kier molecular flexibility index (Phi) is 10.1. The number of ether oxygens (including phenoxy) is 4. The second kappa shape index (κ2) is 15.9. The molecule has 1 saturated heterocycles. The number of hydrogen-bond donors (Lipinski definition) is 1. The molecule has 0 radical (unpaired) electrons. The normalized spacial score (nSPS) is 18.4. The fraction of sp³-hybridized carbons (Fsp3) is 0.267. The van der Waals surface area contributed by atoms with Crippen molar-refractivity contribution >= 4 is 39.5 Å². The summed E-state index contributed by atoms with van der Waals surface area (Å²) < 4.78 is 25.8. The summed E-state index contributed by atoms with van der Waals surface area (Å²) in [5, 5.41) is 14.5. The SMILES string of the molecule is Cn1c2ccncc2c2ccc(-c3cnc(O[C@H]4C[C@H](Oc5ccc(C#CCOCCOc6ccc7c(c6)CN(C6CCC(=O)NC6=O)C7=O)nc5)C4)c(C#N)c3)cc21. The number of piperidine rings is 1. The number of nitriles is 1. The topological polar surface area (TPSA) is 171 Å². The first kappa shape index (κ1) is 37.3. The Morgan fingerprint density at radius 2 is 1.73 bits per heavy atom. The Balaban J connectivity index is 0.697. The van der Waals surface area contributed by atoms with Crippen molar-refractivity contribution in [1.82, 2.24) is 29.7 Å². The molecule has 14 heteroatoms. The number of aryl methyl sites for hydroxylation is 1. The van der Waals surface area contributed by atoms with Gasteiger partial charge in [0.05, 0.1) is 18.3 Å². The lowest BCUT2D eigenvalue weighted by Gasteiger charge is -2.35. The van der Waals surface area contributed by atoms with Gasteiger partial charge in [-0.25, -0.2) is 9.97 Å². The van der Waals surface area contributed by atoms with E-state index in [9.17, 15) is 19.6 Å². The number of imide groups is 1. The first-order chi connectivity index (χ1) is 28.8. The van der Waals surface area contributed by atoms with Crippen LogP contribution in [0.1, 0.15) is 52.9 Å². The number of amides is 3. The maximum absolute atomic E-state index is 12.9. The molecule has 1 saturated carbocycles. The summed E-state index contributed by atoms with van der Waals surface area (Å²) in [6.45, 7) is 1.06. The zero-order valence-electron chi connectivity index (χ0n) is 32.0. The van der Waals surface area contributed by atoms with Crippen LogP contribution in [0.15, 0.2) is 85.5 Å². The van der Waals surface area contributed by atoms with Crippen molar-refractivity contribution in [3.63, 3.8) is 0 Å². The minimum Gasteiger partial charge on any atom is -0.491 e. The zero-order valence-corrected chi connectivity index (χ0v) is 32.0. The average molecular weight is 788 g/mol. The highest BCUT2D eigenvalue weighted by atomic mass is 16.5. The molecule has 1 atom stereocenters. The number of pyridine rings is 3. The highest BCUT2D eigenvalue weighted by Crippen LogP contribution is 2.35. The van der Waals surface area contributed by atoms with Gasteiger partial charge in [0, 0.05) is 78.9 Å². The lowest BCUT2D eigenvalue weighted by atomic mass is 9.92. The minimum atomic E-state index is -0.658. The highest BCUT2D eigenvalue weighted by Gasteiger charge is 2.39. The molecule has 14 nitrogen and oxygen atoms in total. The molecule has 0 spiro atoms. The van der Waals surface area contributed by atoms with Gasteiger partial charge in [-0.05, 0) is 72.0 Å². The van der Waals surface area contributed by atoms with E-state index >= 15 is 0 Å². The molecule has 2 fully saturated rings. The maximum atomic E-state index is 12.9. The molecule has 4 aromatic heterocycles. The largest absolute Gasteiger partial charge is 0.491 e. The molecule has 0 bridgehead atoms. The van der Waals surface area contributed by atoms with Crippen LogP contribution in [0.5, 0.6) is 17.4 Å². The summed E-state index contributed by atoms with van der Waals surface area (Å²) in [7, 11) is 2.04. The molecule has 9 rings (SSSR count). The zero-order chi connectivity index (χ0) is 40.5. The summed E-state index contributed by atoms with van der Waals surface area (Å²) in [5.74, 6) is 6.49. The van der Waals surface area contributed by atoms with Crippen molar-refractivity contribution < 1.29 is 33.3 Å².